The summed E-state index contributed by atoms with van der Waals surface area (Å²) in [5.74, 6) is 0.492. The van der Waals surface area contributed by atoms with Gasteiger partial charge in [-0.1, -0.05) is 6.07 Å². The van der Waals surface area contributed by atoms with Gasteiger partial charge in [0.25, 0.3) is 0 Å². The number of benzene rings is 1. The van der Waals surface area contributed by atoms with Crippen LogP contribution in [0, 0.1) is 12.7 Å². The van der Waals surface area contributed by atoms with Crippen molar-refractivity contribution in [1.82, 2.24) is 4.98 Å². The van der Waals surface area contributed by atoms with Crippen LogP contribution >= 0.6 is 0 Å². The highest BCUT2D eigenvalue weighted by Gasteiger charge is 2.23. The highest BCUT2D eigenvalue weighted by Crippen LogP contribution is 2.36. The molecule has 0 amide bonds. The van der Waals surface area contributed by atoms with Crippen LogP contribution in [0.25, 0.3) is 0 Å². The molecule has 1 aliphatic rings. The first-order chi connectivity index (χ1) is 8.65. The van der Waals surface area contributed by atoms with E-state index in [9.17, 15) is 4.39 Å². The largest absolute Gasteiger partial charge is 0.396 e. The molecule has 4 heteroatoms. The third-order valence-corrected chi connectivity index (χ3v) is 3.24. The monoisotopic (exact) mass is 243 g/mol. The van der Waals surface area contributed by atoms with Crippen LogP contribution in [-0.2, 0) is 6.42 Å². The van der Waals surface area contributed by atoms with Crippen molar-refractivity contribution in [2.24, 2.45) is 0 Å². The zero-order chi connectivity index (χ0) is 12.7. The molecule has 3 rings (SSSR count). The Hall–Kier alpha value is -2.10. The standard InChI is InChI=1S/C14H14FN3/c1-9-2-5-12(16)14(17-9)18-7-6-10-3-4-11(15)8-13(10)18/h2-5,8H,6-7,16H2,1H3. The summed E-state index contributed by atoms with van der Waals surface area (Å²) in [4.78, 5) is 6.45. The van der Waals surface area contributed by atoms with Crippen LogP contribution in [0.3, 0.4) is 0 Å². The van der Waals surface area contributed by atoms with Gasteiger partial charge in [0, 0.05) is 17.9 Å². The van der Waals surface area contributed by atoms with Gasteiger partial charge in [0.2, 0.25) is 0 Å². The molecule has 1 aliphatic heterocycles. The van der Waals surface area contributed by atoms with Crippen LogP contribution in [0.15, 0.2) is 30.3 Å². The number of rotatable bonds is 1. The normalized spacial score (nSPS) is 13.8. The number of halogens is 1. The minimum absolute atomic E-state index is 0.230. The van der Waals surface area contributed by atoms with Crippen LogP contribution < -0.4 is 10.6 Å². The quantitative estimate of drug-likeness (QED) is 0.837. The predicted octanol–water partition coefficient (Wildman–Crippen LogP) is 2.81. The first-order valence-electron chi connectivity index (χ1n) is 5.94. The lowest BCUT2D eigenvalue weighted by Gasteiger charge is -2.20. The predicted molar refractivity (Wildman–Crippen MR) is 70.5 cm³/mol. The average Bonchev–Trinajstić information content (AvgIpc) is 2.75. The molecule has 0 aliphatic carbocycles. The van der Waals surface area contributed by atoms with E-state index in [1.807, 2.05) is 30.0 Å². The van der Waals surface area contributed by atoms with Gasteiger partial charge in [-0.15, -0.1) is 0 Å². The molecule has 0 unspecified atom stereocenters. The molecular weight excluding hydrogens is 229 g/mol. The van der Waals surface area contributed by atoms with Gasteiger partial charge in [-0.3, -0.25) is 0 Å². The van der Waals surface area contributed by atoms with Crippen molar-refractivity contribution in [1.29, 1.82) is 0 Å². The number of nitrogens with zero attached hydrogens (tertiary/aromatic N) is 2. The summed E-state index contributed by atoms with van der Waals surface area (Å²) >= 11 is 0. The summed E-state index contributed by atoms with van der Waals surface area (Å²) in [7, 11) is 0. The number of nitrogen functional groups attached to an aromatic ring is 1. The van der Waals surface area contributed by atoms with Crippen molar-refractivity contribution < 1.29 is 4.39 Å². The number of anilines is 3. The SMILES string of the molecule is Cc1ccc(N)c(N2CCc3ccc(F)cc32)n1. The zero-order valence-electron chi connectivity index (χ0n) is 10.2. The molecule has 0 atom stereocenters. The lowest BCUT2D eigenvalue weighted by atomic mass is 10.2. The Bertz CT molecular complexity index is 610. The Balaban J connectivity index is 2.11. The van der Waals surface area contributed by atoms with Gasteiger partial charge in [-0.2, -0.15) is 0 Å². The molecule has 0 radical (unpaired) electrons. The van der Waals surface area contributed by atoms with Crippen molar-refractivity contribution in [3.8, 4) is 0 Å². The molecule has 0 saturated carbocycles. The molecule has 92 valence electrons. The van der Waals surface area contributed by atoms with E-state index >= 15 is 0 Å². The second-order valence-electron chi connectivity index (χ2n) is 4.54. The van der Waals surface area contributed by atoms with Crippen molar-refractivity contribution in [3.63, 3.8) is 0 Å². The summed E-state index contributed by atoms with van der Waals surface area (Å²) in [6.45, 7) is 2.71. The lowest BCUT2D eigenvalue weighted by molar-refractivity contribution is 0.628. The minimum Gasteiger partial charge on any atom is -0.396 e. The number of hydrogen-bond acceptors (Lipinski definition) is 3. The maximum Gasteiger partial charge on any atom is 0.156 e. The molecule has 1 aromatic carbocycles. The third-order valence-electron chi connectivity index (χ3n) is 3.24. The molecule has 0 saturated heterocycles. The Morgan fingerprint density at radius 3 is 2.94 bits per heavy atom. The summed E-state index contributed by atoms with van der Waals surface area (Å²) in [5.41, 5.74) is 9.51. The first kappa shape index (κ1) is 11.0. The number of fused-ring (bicyclic) bond motifs is 1. The smallest absolute Gasteiger partial charge is 0.156 e. The summed E-state index contributed by atoms with van der Waals surface area (Å²) in [6.07, 6.45) is 0.894. The first-order valence-corrected chi connectivity index (χ1v) is 5.94. The molecule has 2 aromatic rings. The van der Waals surface area contributed by atoms with Crippen LogP contribution in [0.4, 0.5) is 21.6 Å². The molecule has 1 aromatic heterocycles. The van der Waals surface area contributed by atoms with Crippen molar-refractivity contribution in [3.05, 3.63) is 47.4 Å². The fourth-order valence-corrected chi connectivity index (χ4v) is 2.34. The summed E-state index contributed by atoms with van der Waals surface area (Å²) in [6, 6.07) is 8.59. The van der Waals surface area contributed by atoms with E-state index in [1.165, 1.54) is 6.07 Å². The number of nitrogens with two attached hydrogens (primary N) is 1. The number of aryl methyl sites for hydroxylation is 1. The second-order valence-corrected chi connectivity index (χ2v) is 4.54. The minimum atomic E-state index is -0.230. The molecule has 0 bridgehead atoms. The highest BCUT2D eigenvalue weighted by atomic mass is 19.1. The lowest BCUT2D eigenvalue weighted by Crippen LogP contribution is -2.17. The van der Waals surface area contributed by atoms with Crippen molar-refractivity contribution in [2.45, 2.75) is 13.3 Å². The molecular formula is C14H14FN3. The molecule has 18 heavy (non-hydrogen) atoms. The number of hydrogen-bond donors (Lipinski definition) is 1. The van der Waals surface area contributed by atoms with Gasteiger partial charge in [-0.05, 0) is 43.2 Å². The Morgan fingerprint density at radius 1 is 1.28 bits per heavy atom. The molecule has 2 N–H and O–H groups in total. The van der Waals surface area contributed by atoms with Crippen LogP contribution in [0.5, 0.6) is 0 Å². The van der Waals surface area contributed by atoms with Crippen molar-refractivity contribution in [2.75, 3.05) is 17.2 Å². The van der Waals surface area contributed by atoms with Gasteiger partial charge in [0.15, 0.2) is 5.82 Å². The Labute approximate surface area is 105 Å². The number of pyridine rings is 1. The van der Waals surface area contributed by atoms with Crippen LogP contribution in [0.2, 0.25) is 0 Å². The highest BCUT2D eigenvalue weighted by molar-refractivity contribution is 5.75. The van der Waals surface area contributed by atoms with Gasteiger partial charge >= 0.3 is 0 Å². The van der Waals surface area contributed by atoms with Crippen molar-refractivity contribution >= 4 is 17.2 Å². The van der Waals surface area contributed by atoms with Gasteiger partial charge < -0.3 is 10.6 Å². The fourth-order valence-electron chi connectivity index (χ4n) is 2.34. The Kier molecular flexibility index (Phi) is 2.44. The molecule has 2 heterocycles. The molecule has 3 nitrogen and oxygen atoms in total. The Morgan fingerprint density at radius 2 is 2.11 bits per heavy atom. The average molecular weight is 243 g/mol. The second kappa shape index (κ2) is 3.98. The third kappa shape index (κ3) is 1.70. The van der Waals surface area contributed by atoms with E-state index in [0.29, 0.717) is 5.69 Å². The van der Waals surface area contributed by atoms with E-state index in [-0.39, 0.29) is 5.82 Å². The van der Waals surface area contributed by atoms with Crippen LogP contribution in [-0.4, -0.2) is 11.5 Å². The van der Waals surface area contributed by atoms with E-state index in [2.05, 4.69) is 4.98 Å². The van der Waals surface area contributed by atoms with E-state index < -0.39 is 0 Å². The maximum absolute atomic E-state index is 13.4. The van der Waals surface area contributed by atoms with Gasteiger partial charge in [0.05, 0.1) is 5.69 Å². The van der Waals surface area contributed by atoms with Crippen LogP contribution in [0.1, 0.15) is 11.3 Å². The maximum atomic E-state index is 13.4. The summed E-state index contributed by atoms with van der Waals surface area (Å²) in [5, 5.41) is 0. The zero-order valence-corrected chi connectivity index (χ0v) is 10.2. The van der Waals surface area contributed by atoms with E-state index in [1.54, 1.807) is 6.07 Å². The fraction of sp³-hybridized carbons (Fsp3) is 0.214. The van der Waals surface area contributed by atoms with Gasteiger partial charge in [0.1, 0.15) is 5.82 Å². The number of aromatic nitrogens is 1. The summed E-state index contributed by atoms with van der Waals surface area (Å²) < 4.78 is 13.4. The van der Waals surface area contributed by atoms with E-state index in [0.717, 1.165) is 35.7 Å². The van der Waals surface area contributed by atoms with Gasteiger partial charge in [-0.25, -0.2) is 9.37 Å². The molecule has 0 fully saturated rings. The molecule has 0 spiro atoms. The topological polar surface area (TPSA) is 42.1 Å². The van der Waals surface area contributed by atoms with E-state index in [4.69, 9.17) is 5.73 Å².